The molecule has 19 heavy (non-hydrogen) atoms. The fraction of sp³-hybridized carbons (Fsp3) is 0.500. The van der Waals surface area contributed by atoms with Gasteiger partial charge in [0, 0.05) is 29.2 Å². The van der Waals surface area contributed by atoms with Crippen LogP contribution in [-0.2, 0) is 0 Å². The molecule has 1 aliphatic rings. The number of nitrogens with one attached hydrogen (secondary N) is 1. The molecule has 0 spiro atoms. The summed E-state index contributed by atoms with van der Waals surface area (Å²) >= 11 is 3.46. The molecule has 0 aromatic heterocycles. The Kier molecular flexibility index (Phi) is 6.30. The number of halogens is 2. The van der Waals surface area contributed by atoms with Gasteiger partial charge in [-0.05, 0) is 50.6 Å². The number of hydrogen-bond acceptors (Lipinski definition) is 2. The number of piperidine rings is 1. The summed E-state index contributed by atoms with van der Waals surface area (Å²) in [7, 11) is 1.96. The molecule has 0 saturated carbocycles. The monoisotopic (exact) mass is 346 g/mol. The Morgan fingerprint density at radius 3 is 2.84 bits per heavy atom. The van der Waals surface area contributed by atoms with Crippen molar-refractivity contribution in [3.63, 3.8) is 0 Å². The van der Waals surface area contributed by atoms with Gasteiger partial charge in [0.25, 0.3) is 5.91 Å². The molecule has 106 valence electrons. The molecule has 0 radical (unpaired) electrons. The Labute approximate surface area is 129 Å². The number of likely N-dealkylation sites (tertiary alicyclic amines) is 1. The molecule has 1 aliphatic heterocycles. The second-order valence-electron chi connectivity index (χ2n) is 4.84. The smallest absolute Gasteiger partial charge is 0.253 e. The van der Waals surface area contributed by atoms with Crippen LogP contribution in [0.1, 0.15) is 28.8 Å². The van der Waals surface area contributed by atoms with E-state index in [4.69, 9.17) is 0 Å². The van der Waals surface area contributed by atoms with Gasteiger partial charge in [0.1, 0.15) is 0 Å². The van der Waals surface area contributed by atoms with Gasteiger partial charge in [-0.1, -0.05) is 15.9 Å². The minimum atomic E-state index is 0. The number of nitrogens with zero attached hydrogens (tertiary/aromatic N) is 1. The van der Waals surface area contributed by atoms with Gasteiger partial charge < -0.3 is 10.2 Å². The molecular formula is C14H20BrClN2O. The third kappa shape index (κ3) is 3.94. The summed E-state index contributed by atoms with van der Waals surface area (Å²) in [6, 6.07) is 6.22. The first kappa shape index (κ1) is 16.5. The number of rotatable bonds is 2. The SMILES string of the molecule is CNC1CCCN(C(=O)c2ccc(Br)c(C)c2)C1.Cl. The third-order valence-corrected chi connectivity index (χ3v) is 4.41. The van der Waals surface area contributed by atoms with E-state index in [1.165, 1.54) is 0 Å². The van der Waals surface area contributed by atoms with Gasteiger partial charge in [-0.25, -0.2) is 0 Å². The number of aryl methyl sites for hydroxylation is 1. The molecule has 1 atom stereocenters. The van der Waals surface area contributed by atoms with Crippen molar-refractivity contribution in [1.29, 1.82) is 0 Å². The Balaban J connectivity index is 0.00000180. The molecular weight excluding hydrogens is 328 g/mol. The Hall–Kier alpha value is -0.580. The average Bonchev–Trinajstić information content (AvgIpc) is 2.41. The number of benzene rings is 1. The first-order chi connectivity index (χ1) is 8.61. The molecule has 1 N–H and O–H groups in total. The Bertz CT molecular complexity index is 453. The second kappa shape index (κ2) is 7.27. The van der Waals surface area contributed by atoms with Crippen LogP contribution in [0.4, 0.5) is 0 Å². The minimum Gasteiger partial charge on any atom is -0.337 e. The van der Waals surface area contributed by atoms with Crippen LogP contribution in [0.5, 0.6) is 0 Å². The molecule has 1 heterocycles. The topological polar surface area (TPSA) is 32.3 Å². The van der Waals surface area contributed by atoms with Gasteiger partial charge in [-0.2, -0.15) is 0 Å². The first-order valence-corrected chi connectivity index (χ1v) is 7.14. The molecule has 1 saturated heterocycles. The zero-order valence-corrected chi connectivity index (χ0v) is 13.7. The number of amides is 1. The van der Waals surface area contributed by atoms with Crippen LogP contribution in [0.3, 0.4) is 0 Å². The maximum absolute atomic E-state index is 12.4. The predicted octanol–water partition coefficient (Wildman–Crippen LogP) is 3.00. The van der Waals surface area contributed by atoms with Crippen molar-refractivity contribution < 1.29 is 4.79 Å². The lowest BCUT2D eigenvalue weighted by molar-refractivity contribution is 0.0698. The Morgan fingerprint density at radius 1 is 1.47 bits per heavy atom. The summed E-state index contributed by atoms with van der Waals surface area (Å²) < 4.78 is 1.05. The third-order valence-electron chi connectivity index (χ3n) is 3.52. The van der Waals surface area contributed by atoms with E-state index in [1.807, 2.05) is 37.1 Å². The van der Waals surface area contributed by atoms with E-state index in [1.54, 1.807) is 0 Å². The highest BCUT2D eigenvalue weighted by atomic mass is 79.9. The van der Waals surface area contributed by atoms with Crippen LogP contribution in [0, 0.1) is 6.92 Å². The van der Waals surface area contributed by atoms with Crippen LogP contribution < -0.4 is 5.32 Å². The second-order valence-corrected chi connectivity index (χ2v) is 5.70. The molecule has 5 heteroatoms. The van der Waals surface area contributed by atoms with E-state index in [-0.39, 0.29) is 18.3 Å². The fourth-order valence-corrected chi connectivity index (χ4v) is 2.60. The van der Waals surface area contributed by atoms with Crippen LogP contribution in [-0.4, -0.2) is 37.0 Å². The minimum absolute atomic E-state index is 0. The molecule has 2 rings (SSSR count). The van der Waals surface area contributed by atoms with Crippen LogP contribution in [0.2, 0.25) is 0 Å². The van der Waals surface area contributed by atoms with E-state index >= 15 is 0 Å². The lowest BCUT2D eigenvalue weighted by Gasteiger charge is -2.32. The highest BCUT2D eigenvalue weighted by molar-refractivity contribution is 9.10. The normalized spacial score (nSPS) is 18.9. The summed E-state index contributed by atoms with van der Waals surface area (Å²) in [6.07, 6.45) is 2.23. The highest BCUT2D eigenvalue weighted by Crippen LogP contribution is 2.19. The number of carbonyl (C=O) groups is 1. The number of likely N-dealkylation sites (N-methyl/N-ethyl adjacent to an activating group) is 1. The molecule has 1 unspecified atom stereocenters. The first-order valence-electron chi connectivity index (χ1n) is 6.34. The summed E-state index contributed by atoms with van der Waals surface area (Å²) in [5.41, 5.74) is 1.88. The lowest BCUT2D eigenvalue weighted by atomic mass is 10.0. The van der Waals surface area contributed by atoms with Crippen LogP contribution in [0.15, 0.2) is 22.7 Å². The van der Waals surface area contributed by atoms with Crippen molar-refractivity contribution in [1.82, 2.24) is 10.2 Å². The van der Waals surface area contributed by atoms with Gasteiger partial charge in [-0.15, -0.1) is 12.4 Å². The average molecular weight is 348 g/mol. The van der Waals surface area contributed by atoms with E-state index in [9.17, 15) is 4.79 Å². The molecule has 1 amide bonds. The molecule has 3 nitrogen and oxygen atoms in total. The van der Waals surface area contributed by atoms with Gasteiger partial charge in [0.15, 0.2) is 0 Å². The van der Waals surface area contributed by atoms with Crippen molar-refractivity contribution in [3.8, 4) is 0 Å². The van der Waals surface area contributed by atoms with Gasteiger partial charge in [0.2, 0.25) is 0 Å². The maximum atomic E-state index is 12.4. The van der Waals surface area contributed by atoms with Crippen molar-refractivity contribution in [2.45, 2.75) is 25.8 Å². The molecule has 1 fully saturated rings. The fourth-order valence-electron chi connectivity index (χ4n) is 2.36. The lowest BCUT2D eigenvalue weighted by Crippen LogP contribution is -2.46. The Morgan fingerprint density at radius 2 is 2.21 bits per heavy atom. The quantitative estimate of drug-likeness (QED) is 0.892. The molecule has 1 aromatic carbocycles. The zero-order chi connectivity index (χ0) is 13.1. The van der Waals surface area contributed by atoms with Gasteiger partial charge in [-0.3, -0.25) is 4.79 Å². The van der Waals surface area contributed by atoms with Crippen molar-refractivity contribution in [2.24, 2.45) is 0 Å². The summed E-state index contributed by atoms with van der Waals surface area (Å²) in [5, 5.41) is 3.26. The molecule has 0 bridgehead atoms. The molecule has 0 aliphatic carbocycles. The van der Waals surface area contributed by atoms with Crippen LogP contribution >= 0.6 is 28.3 Å². The van der Waals surface area contributed by atoms with Gasteiger partial charge >= 0.3 is 0 Å². The van der Waals surface area contributed by atoms with Crippen molar-refractivity contribution >= 4 is 34.2 Å². The van der Waals surface area contributed by atoms with Crippen LogP contribution in [0.25, 0.3) is 0 Å². The summed E-state index contributed by atoms with van der Waals surface area (Å²) in [6.45, 7) is 3.68. The number of hydrogen-bond donors (Lipinski definition) is 1. The predicted molar refractivity (Wildman–Crippen MR) is 84.1 cm³/mol. The van der Waals surface area contributed by atoms with E-state index in [2.05, 4.69) is 21.2 Å². The van der Waals surface area contributed by atoms with E-state index in [0.717, 1.165) is 41.5 Å². The maximum Gasteiger partial charge on any atom is 0.253 e. The van der Waals surface area contributed by atoms with Gasteiger partial charge in [0.05, 0.1) is 0 Å². The van der Waals surface area contributed by atoms with E-state index < -0.39 is 0 Å². The zero-order valence-electron chi connectivity index (χ0n) is 11.3. The highest BCUT2D eigenvalue weighted by Gasteiger charge is 2.23. The standard InChI is InChI=1S/C14H19BrN2O.ClH/c1-10-8-11(5-6-13(10)15)14(18)17-7-3-4-12(9-17)16-2;/h5-6,8,12,16H,3-4,7,9H2,1-2H3;1H. The summed E-state index contributed by atoms with van der Waals surface area (Å²) in [5.74, 6) is 0.144. The molecule has 1 aromatic rings. The summed E-state index contributed by atoms with van der Waals surface area (Å²) in [4.78, 5) is 14.4. The number of carbonyl (C=O) groups excluding carboxylic acids is 1. The van der Waals surface area contributed by atoms with Crippen molar-refractivity contribution in [2.75, 3.05) is 20.1 Å². The van der Waals surface area contributed by atoms with E-state index in [0.29, 0.717) is 6.04 Å². The van der Waals surface area contributed by atoms with Crippen molar-refractivity contribution in [3.05, 3.63) is 33.8 Å². The largest absolute Gasteiger partial charge is 0.337 e.